The van der Waals surface area contributed by atoms with E-state index in [1.807, 2.05) is 0 Å². The standard InChI is InChI=1S/C16H14N4O4/c17-16(22)19-13-3-1-2-12(10-13)18-15(21)9-6-11-4-7-14(8-5-11)20(23)24/h1-10H,(H,18,21)(H3,17,19,22)/b9-6+. The first-order valence-corrected chi connectivity index (χ1v) is 6.84. The number of non-ortho nitro benzene ring substituents is 1. The molecule has 4 N–H and O–H groups in total. The van der Waals surface area contributed by atoms with Crippen LogP contribution in [0.15, 0.2) is 54.6 Å². The van der Waals surface area contributed by atoms with Gasteiger partial charge in [-0.1, -0.05) is 6.07 Å². The van der Waals surface area contributed by atoms with Crippen molar-refractivity contribution in [2.45, 2.75) is 0 Å². The molecule has 8 nitrogen and oxygen atoms in total. The number of rotatable bonds is 5. The minimum atomic E-state index is -0.698. The molecule has 0 atom stereocenters. The molecule has 24 heavy (non-hydrogen) atoms. The zero-order valence-electron chi connectivity index (χ0n) is 12.4. The van der Waals surface area contributed by atoms with Gasteiger partial charge in [0.05, 0.1) is 4.92 Å². The highest BCUT2D eigenvalue weighted by molar-refractivity contribution is 6.02. The summed E-state index contributed by atoms with van der Waals surface area (Å²) in [7, 11) is 0. The number of benzene rings is 2. The number of nitrogens with zero attached hydrogens (tertiary/aromatic N) is 1. The second kappa shape index (κ2) is 7.54. The lowest BCUT2D eigenvalue weighted by Crippen LogP contribution is -2.19. The van der Waals surface area contributed by atoms with Crippen molar-refractivity contribution in [3.05, 3.63) is 70.3 Å². The molecule has 0 aromatic heterocycles. The lowest BCUT2D eigenvalue weighted by Gasteiger charge is -2.05. The third-order valence-electron chi connectivity index (χ3n) is 2.93. The van der Waals surface area contributed by atoms with Gasteiger partial charge in [-0.2, -0.15) is 0 Å². The van der Waals surface area contributed by atoms with Gasteiger partial charge < -0.3 is 16.4 Å². The fraction of sp³-hybridized carbons (Fsp3) is 0. The van der Waals surface area contributed by atoms with E-state index in [9.17, 15) is 19.7 Å². The molecule has 122 valence electrons. The van der Waals surface area contributed by atoms with Crippen molar-refractivity contribution < 1.29 is 14.5 Å². The van der Waals surface area contributed by atoms with E-state index in [4.69, 9.17) is 5.73 Å². The molecule has 2 rings (SSSR count). The predicted octanol–water partition coefficient (Wildman–Crippen LogP) is 2.74. The monoisotopic (exact) mass is 326 g/mol. The van der Waals surface area contributed by atoms with Gasteiger partial charge in [-0.15, -0.1) is 0 Å². The number of nitrogens with one attached hydrogen (secondary N) is 2. The molecule has 0 aliphatic heterocycles. The highest BCUT2D eigenvalue weighted by atomic mass is 16.6. The minimum absolute atomic E-state index is 0.0182. The maximum atomic E-state index is 11.9. The number of nitro benzene ring substituents is 1. The van der Waals surface area contributed by atoms with Gasteiger partial charge >= 0.3 is 6.03 Å². The van der Waals surface area contributed by atoms with E-state index in [-0.39, 0.29) is 11.6 Å². The summed E-state index contributed by atoms with van der Waals surface area (Å²) >= 11 is 0. The lowest BCUT2D eigenvalue weighted by molar-refractivity contribution is -0.384. The fourth-order valence-electron chi connectivity index (χ4n) is 1.88. The van der Waals surface area contributed by atoms with Crippen molar-refractivity contribution in [3.63, 3.8) is 0 Å². The predicted molar refractivity (Wildman–Crippen MR) is 90.4 cm³/mol. The summed E-state index contributed by atoms with van der Waals surface area (Å²) in [6.07, 6.45) is 2.83. The first kappa shape index (κ1) is 16.7. The second-order valence-electron chi connectivity index (χ2n) is 4.74. The van der Waals surface area contributed by atoms with Gasteiger partial charge in [0.25, 0.3) is 5.69 Å². The van der Waals surface area contributed by atoms with Gasteiger partial charge in [-0.05, 0) is 42.0 Å². The molecule has 0 bridgehead atoms. The molecule has 0 heterocycles. The summed E-state index contributed by atoms with van der Waals surface area (Å²) in [6, 6.07) is 11.6. The van der Waals surface area contributed by atoms with E-state index in [1.165, 1.54) is 24.3 Å². The Bertz CT molecular complexity index is 800. The topological polar surface area (TPSA) is 127 Å². The van der Waals surface area contributed by atoms with Crippen LogP contribution in [0.25, 0.3) is 6.08 Å². The molecule has 0 saturated carbocycles. The quantitative estimate of drug-likeness (QED) is 0.443. The van der Waals surface area contributed by atoms with Gasteiger partial charge in [0.2, 0.25) is 5.91 Å². The van der Waals surface area contributed by atoms with Crippen molar-refractivity contribution in [1.29, 1.82) is 0 Å². The Morgan fingerprint density at radius 3 is 2.25 bits per heavy atom. The van der Waals surface area contributed by atoms with Crippen LogP contribution in [0.5, 0.6) is 0 Å². The number of hydrogen-bond donors (Lipinski definition) is 3. The van der Waals surface area contributed by atoms with Crippen molar-refractivity contribution in [3.8, 4) is 0 Å². The number of urea groups is 1. The maximum Gasteiger partial charge on any atom is 0.316 e. The Labute approximate surface area is 137 Å². The molecular weight excluding hydrogens is 312 g/mol. The van der Waals surface area contributed by atoms with E-state index in [0.717, 1.165) is 0 Å². The normalized spacial score (nSPS) is 10.3. The Kier molecular flexibility index (Phi) is 5.24. The van der Waals surface area contributed by atoms with Gasteiger partial charge in [0.15, 0.2) is 0 Å². The number of amides is 3. The summed E-state index contributed by atoms with van der Waals surface area (Å²) < 4.78 is 0. The molecule has 3 amide bonds. The third-order valence-corrected chi connectivity index (χ3v) is 2.93. The molecule has 0 aliphatic carbocycles. The van der Waals surface area contributed by atoms with Crippen molar-refractivity contribution in [2.75, 3.05) is 10.6 Å². The Hall–Kier alpha value is -3.68. The number of anilines is 2. The highest BCUT2D eigenvalue weighted by Gasteiger charge is 2.03. The number of nitro groups is 1. The van der Waals surface area contributed by atoms with E-state index >= 15 is 0 Å². The zero-order valence-corrected chi connectivity index (χ0v) is 12.4. The number of nitrogens with two attached hydrogens (primary N) is 1. The van der Waals surface area contributed by atoms with Crippen LogP contribution in [0.3, 0.4) is 0 Å². The van der Waals surface area contributed by atoms with Crippen LogP contribution in [0.2, 0.25) is 0 Å². The molecule has 0 radical (unpaired) electrons. The second-order valence-corrected chi connectivity index (χ2v) is 4.74. The summed E-state index contributed by atoms with van der Waals surface area (Å²) in [5, 5.41) is 15.6. The van der Waals surface area contributed by atoms with Crippen molar-refractivity contribution >= 4 is 35.1 Å². The maximum absolute atomic E-state index is 11.9. The van der Waals surface area contributed by atoms with Gasteiger partial charge in [0.1, 0.15) is 0 Å². The Morgan fingerprint density at radius 1 is 1.04 bits per heavy atom. The molecule has 2 aromatic rings. The van der Waals surface area contributed by atoms with Crippen LogP contribution < -0.4 is 16.4 Å². The summed E-state index contributed by atoms with van der Waals surface area (Å²) in [5.74, 6) is -0.385. The van der Waals surface area contributed by atoms with Crippen molar-refractivity contribution in [2.24, 2.45) is 5.73 Å². The van der Waals surface area contributed by atoms with Crippen LogP contribution in [0.4, 0.5) is 21.9 Å². The number of carbonyl (C=O) groups is 2. The smallest absolute Gasteiger partial charge is 0.316 e. The first-order valence-electron chi connectivity index (χ1n) is 6.84. The van der Waals surface area contributed by atoms with E-state index in [1.54, 1.807) is 36.4 Å². The van der Waals surface area contributed by atoms with Crippen LogP contribution >= 0.6 is 0 Å². The fourth-order valence-corrected chi connectivity index (χ4v) is 1.88. The molecule has 0 unspecified atom stereocenters. The lowest BCUT2D eigenvalue weighted by atomic mass is 10.2. The molecule has 0 spiro atoms. The number of hydrogen-bond acceptors (Lipinski definition) is 4. The largest absolute Gasteiger partial charge is 0.351 e. The molecule has 8 heteroatoms. The Balaban J connectivity index is 1.99. The molecule has 2 aromatic carbocycles. The van der Waals surface area contributed by atoms with Crippen molar-refractivity contribution in [1.82, 2.24) is 0 Å². The molecule has 0 aliphatic rings. The van der Waals surface area contributed by atoms with E-state index in [2.05, 4.69) is 10.6 Å². The van der Waals surface area contributed by atoms with E-state index < -0.39 is 11.0 Å². The zero-order chi connectivity index (χ0) is 17.5. The van der Waals surface area contributed by atoms with Crippen LogP contribution in [-0.2, 0) is 4.79 Å². The van der Waals surface area contributed by atoms with Gasteiger partial charge in [0, 0.05) is 29.6 Å². The Morgan fingerprint density at radius 2 is 1.67 bits per heavy atom. The SMILES string of the molecule is NC(=O)Nc1cccc(NC(=O)/C=C/c2ccc([N+](=O)[O-])cc2)c1. The average Bonchev–Trinajstić information content (AvgIpc) is 2.53. The summed E-state index contributed by atoms with van der Waals surface area (Å²) in [4.78, 5) is 32.7. The van der Waals surface area contributed by atoms with Crippen LogP contribution in [0, 0.1) is 10.1 Å². The van der Waals surface area contributed by atoms with Crippen LogP contribution in [0.1, 0.15) is 5.56 Å². The van der Waals surface area contributed by atoms with E-state index in [0.29, 0.717) is 16.9 Å². The first-order chi connectivity index (χ1) is 11.4. The minimum Gasteiger partial charge on any atom is -0.351 e. The summed E-state index contributed by atoms with van der Waals surface area (Å²) in [5.41, 5.74) is 6.60. The number of primary amides is 1. The molecular formula is C16H14N4O4. The number of carbonyl (C=O) groups excluding carboxylic acids is 2. The van der Waals surface area contributed by atoms with Crippen LogP contribution in [-0.4, -0.2) is 16.9 Å². The molecule has 0 fully saturated rings. The third kappa shape index (κ3) is 4.95. The average molecular weight is 326 g/mol. The van der Waals surface area contributed by atoms with Gasteiger partial charge in [-0.25, -0.2) is 4.79 Å². The van der Waals surface area contributed by atoms with Gasteiger partial charge in [-0.3, -0.25) is 14.9 Å². The molecule has 0 saturated heterocycles. The highest BCUT2D eigenvalue weighted by Crippen LogP contribution is 2.15. The summed E-state index contributed by atoms with van der Waals surface area (Å²) in [6.45, 7) is 0.